The monoisotopic (exact) mass is 406 g/mol. The Bertz CT molecular complexity index is 855. The molecule has 0 bridgehead atoms. The summed E-state index contributed by atoms with van der Waals surface area (Å²) in [5.74, 6) is -0.529. The topological polar surface area (TPSA) is 75.3 Å². The van der Waals surface area contributed by atoms with Crippen molar-refractivity contribution in [1.29, 1.82) is 0 Å². The molecule has 9 heteroatoms. The summed E-state index contributed by atoms with van der Waals surface area (Å²) in [6, 6.07) is 9.47. The highest BCUT2D eigenvalue weighted by molar-refractivity contribution is 7.89. The Morgan fingerprint density at radius 1 is 1.00 bits per heavy atom. The number of nitrogens with one attached hydrogen (secondary N) is 2. The van der Waals surface area contributed by atoms with Gasteiger partial charge in [-0.05, 0) is 49.4 Å². The van der Waals surface area contributed by atoms with E-state index in [-0.39, 0.29) is 14.9 Å². The molecule has 2 aromatic carbocycles. The Morgan fingerprint density at radius 2 is 1.58 bits per heavy atom. The van der Waals surface area contributed by atoms with Gasteiger partial charge in [-0.1, -0.05) is 34.8 Å². The molecule has 5 nitrogen and oxygen atoms in total. The fraction of sp³-hybridized carbons (Fsp3) is 0.133. The van der Waals surface area contributed by atoms with Gasteiger partial charge in [-0.15, -0.1) is 0 Å². The predicted octanol–water partition coefficient (Wildman–Crippen LogP) is 3.95. The number of carbonyl (C=O) groups is 1. The van der Waals surface area contributed by atoms with Crippen molar-refractivity contribution in [3.63, 3.8) is 0 Å². The van der Waals surface area contributed by atoms with Crippen LogP contribution in [0.5, 0.6) is 0 Å². The van der Waals surface area contributed by atoms with E-state index >= 15 is 0 Å². The lowest BCUT2D eigenvalue weighted by Crippen LogP contribution is -2.41. The Balaban J connectivity index is 2.12. The highest BCUT2D eigenvalue weighted by Crippen LogP contribution is 2.25. The fourth-order valence-electron chi connectivity index (χ4n) is 1.82. The highest BCUT2D eigenvalue weighted by atomic mass is 35.5. The highest BCUT2D eigenvalue weighted by Gasteiger charge is 2.24. The summed E-state index contributed by atoms with van der Waals surface area (Å²) < 4.78 is 27.0. The van der Waals surface area contributed by atoms with Crippen LogP contribution in [-0.4, -0.2) is 20.4 Å². The number of amides is 1. The van der Waals surface area contributed by atoms with E-state index in [1.54, 1.807) is 24.3 Å². The lowest BCUT2D eigenvalue weighted by molar-refractivity contribution is -0.117. The Kier molecular flexibility index (Phi) is 6.11. The second kappa shape index (κ2) is 7.72. The maximum absolute atomic E-state index is 12.4. The largest absolute Gasteiger partial charge is 0.325 e. The maximum atomic E-state index is 12.4. The van der Waals surface area contributed by atoms with Gasteiger partial charge in [0.05, 0.1) is 11.1 Å². The Hall–Kier alpha value is -1.31. The molecular formula is C15H13Cl3N2O3S. The van der Waals surface area contributed by atoms with Gasteiger partial charge < -0.3 is 5.32 Å². The van der Waals surface area contributed by atoms with Gasteiger partial charge in [-0.2, -0.15) is 4.72 Å². The fourth-order valence-corrected chi connectivity index (χ4v) is 3.91. The van der Waals surface area contributed by atoms with Gasteiger partial charge in [0.1, 0.15) is 4.90 Å². The van der Waals surface area contributed by atoms with Crippen molar-refractivity contribution < 1.29 is 13.2 Å². The van der Waals surface area contributed by atoms with E-state index < -0.39 is 22.0 Å². The minimum absolute atomic E-state index is 0.0113. The third kappa shape index (κ3) is 4.84. The zero-order chi connectivity index (χ0) is 17.9. The molecular weight excluding hydrogens is 395 g/mol. The smallest absolute Gasteiger partial charge is 0.242 e. The SMILES string of the molecule is C[C@H](NS(=O)(=O)c1cc(Cl)ccc1Cl)C(=O)Nc1ccc(Cl)cc1. The van der Waals surface area contributed by atoms with Gasteiger partial charge in [0.15, 0.2) is 0 Å². The molecule has 0 aliphatic rings. The molecule has 0 saturated carbocycles. The molecule has 2 rings (SSSR count). The van der Waals surface area contributed by atoms with Gasteiger partial charge in [-0.3, -0.25) is 4.79 Å². The molecule has 24 heavy (non-hydrogen) atoms. The number of sulfonamides is 1. The first kappa shape index (κ1) is 19.0. The zero-order valence-electron chi connectivity index (χ0n) is 12.4. The first-order chi connectivity index (χ1) is 11.2. The number of carbonyl (C=O) groups excluding carboxylic acids is 1. The first-order valence-corrected chi connectivity index (χ1v) is 9.34. The Labute approximate surface area is 155 Å². The van der Waals surface area contributed by atoms with Crippen LogP contribution < -0.4 is 10.0 Å². The summed E-state index contributed by atoms with van der Waals surface area (Å²) >= 11 is 17.5. The molecule has 0 fully saturated rings. The molecule has 0 aliphatic heterocycles. The van der Waals surface area contributed by atoms with Crippen molar-refractivity contribution in [2.75, 3.05) is 5.32 Å². The van der Waals surface area contributed by atoms with Gasteiger partial charge >= 0.3 is 0 Å². The van der Waals surface area contributed by atoms with Gasteiger partial charge in [0, 0.05) is 15.7 Å². The van der Waals surface area contributed by atoms with Gasteiger partial charge in [-0.25, -0.2) is 8.42 Å². The molecule has 0 unspecified atom stereocenters. The minimum Gasteiger partial charge on any atom is -0.325 e. The molecule has 0 heterocycles. The van der Waals surface area contributed by atoms with E-state index in [2.05, 4.69) is 10.0 Å². The first-order valence-electron chi connectivity index (χ1n) is 6.73. The third-order valence-corrected chi connectivity index (χ3v) is 5.53. The molecule has 1 atom stereocenters. The molecule has 0 radical (unpaired) electrons. The second-order valence-corrected chi connectivity index (χ2v) is 7.88. The van der Waals surface area contributed by atoms with E-state index in [0.717, 1.165) is 0 Å². The average molecular weight is 408 g/mol. The predicted molar refractivity (Wildman–Crippen MR) is 96.3 cm³/mol. The molecule has 2 N–H and O–H groups in total. The summed E-state index contributed by atoms with van der Waals surface area (Å²) in [5.41, 5.74) is 0.497. The van der Waals surface area contributed by atoms with Crippen molar-refractivity contribution in [2.24, 2.45) is 0 Å². The standard InChI is InChI=1S/C15H13Cl3N2O3S/c1-9(15(21)19-12-5-2-10(16)3-6-12)20-24(22,23)14-8-11(17)4-7-13(14)18/h2-9,20H,1H3,(H,19,21)/t9-/m0/s1. The van der Waals surface area contributed by atoms with Crippen LogP contribution in [0.3, 0.4) is 0 Å². The van der Waals surface area contributed by atoms with Crippen LogP contribution in [0, 0.1) is 0 Å². The Morgan fingerprint density at radius 3 is 2.21 bits per heavy atom. The summed E-state index contributed by atoms with van der Waals surface area (Å²) in [4.78, 5) is 11.9. The van der Waals surface area contributed by atoms with Crippen LogP contribution in [0.25, 0.3) is 0 Å². The molecule has 0 aliphatic carbocycles. The van der Waals surface area contributed by atoms with Crippen LogP contribution >= 0.6 is 34.8 Å². The number of hydrogen-bond acceptors (Lipinski definition) is 3. The number of rotatable bonds is 5. The summed E-state index contributed by atoms with van der Waals surface area (Å²) in [6.45, 7) is 1.42. The van der Waals surface area contributed by atoms with Gasteiger partial charge in [0.25, 0.3) is 0 Å². The van der Waals surface area contributed by atoms with Crippen LogP contribution in [0.2, 0.25) is 15.1 Å². The molecule has 128 valence electrons. The third-order valence-electron chi connectivity index (χ3n) is 3.02. The molecule has 1 amide bonds. The van der Waals surface area contributed by atoms with Crippen molar-refractivity contribution in [2.45, 2.75) is 17.9 Å². The summed E-state index contributed by atoms with van der Waals surface area (Å²) in [5, 5.41) is 3.34. The molecule has 0 spiro atoms. The van der Waals surface area contributed by atoms with Crippen LogP contribution in [0.15, 0.2) is 47.4 Å². The lowest BCUT2D eigenvalue weighted by Gasteiger charge is -2.15. The van der Waals surface area contributed by atoms with Crippen molar-refractivity contribution in [1.82, 2.24) is 4.72 Å². The van der Waals surface area contributed by atoms with Crippen LogP contribution in [0.1, 0.15) is 6.92 Å². The summed E-state index contributed by atoms with van der Waals surface area (Å²) in [6.07, 6.45) is 0. The van der Waals surface area contributed by atoms with Crippen LogP contribution in [0.4, 0.5) is 5.69 Å². The zero-order valence-corrected chi connectivity index (χ0v) is 15.5. The van der Waals surface area contributed by atoms with Crippen molar-refractivity contribution in [3.8, 4) is 0 Å². The van der Waals surface area contributed by atoms with Crippen molar-refractivity contribution >= 4 is 56.4 Å². The maximum Gasteiger partial charge on any atom is 0.242 e. The average Bonchev–Trinajstić information content (AvgIpc) is 2.51. The lowest BCUT2D eigenvalue weighted by atomic mass is 10.3. The van der Waals surface area contributed by atoms with E-state index in [0.29, 0.717) is 10.7 Å². The number of hydrogen-bond donors (Lipinski definition) is 2. The number of anilines is 1. The number of benzene rings is 2. The van der Waals surface area contributed by atoms with E-state index in [1.165, 1.54) is 25.1 Å². The van der Waals surface area contributed by atoms with Crippen molar-refractivity contribution in [3.05, 3.63) is 57.5 Å². The van der Waals surface area contributed by atoms with E-state index in [4.69, 9.17) is 34.8 Å². The molecule has 0 aromatic heterocycles. The minimum atomic E-state index is -4.01. The molecule has 2 aromatic rings. The quantitative estimate of drug-likeness (QED) is 0.788. The van der Waals surface area contributed by atoms with E-state index in [1.807, 2.05) is 0 Å². The summed E-state index contributed by atoms with van der Waals surface area (Å²) in [7, 11) is -4.01. The molecule has 0 saturated heterocycles. The second-order valence-electron chi connectivity index (χ2n) is 4.91. The normalized spacial score (nSPS) is 12.7. The van der Waals surface area contributed by atoms with Crippen LogP contribution in [-0.2, 0) is 14.8 Å². The number of halogens is 3. The van der Waals surface area contributed by atoms with Gasteiger partial charge in [0.2, 0.25) is 15.9 Å². The van der Waals surface area contributed by atoms with E-state index in [9.17, 15) is 13.2 Å².